The van der Waals surface area contributed by atoms with Crippen LogP contribution in [0.15, 0.2) is 47.4 Å². The van der Waals surface area contributed by atoms with E-state index in [-0.39, 0.29) is 10.6 Å². The van der Waals surface area contributed by atoms with Gasteiger partial charge in [-0.2, -0.15) is 0 Å². The summed E-state index contributed by atoms with van der Waals surface area (Å²) < 4.78 is 28.0. The Hall–Kier alpha value is -2.42. The van der Waals surface area contributed by atoms with Crippen molar-refractivity contribution < 1.29 is 22.7 Å². The van der Waals surface area contributed by atoms with E-state index >= 15 is 0 Å². The Labute approximate surface area is 156 Å². The second-order valence-corrected chi connectivity index (χ2v) is 7.48. The summed E-state index contributed by atoms with van der Waals surface area (Å²) in [5.74, 6) is -1.40. The molecule has 0 unspecified atom stereocenters. The third-order valence-corrected chi connectivity index (χ3v) is 4.92. The van der Waals surface area contributed by atoms with Crippen molar-refractivity contribution in [1.29, 1.82) is 0 Å². The van der Waals surface area contributed by atoms with Crippen LogP contribution in [-0.4, -0.2) is 26.4 Å². The zero-order chi connectivity index (χ0) is 19.5. The molecule has 1 amide bonds. The summed E-state index contributed by atoms with van der Waals surface area (Å²) in [7, 11) is -4.10. The number of nitrogens with one attached hydrogen (secondary N) is 1. The van der Waals surface area contributed by atoms with Gasteiger partial charge in [0.25, 0.3) is 5.91 Å². The molecule has 0 aliphatic carbocycles. The van der Waals surface area contributed by atoms with Gasteiger partial charge in [0, 0.05) is 5.69 Å². The van der Waals surface area contributed by atoms with Crippen molar-refractivity contribution in [2.45, 2.75) is 24.8 Å². The molecule has 2 rings (SSSR count). The first kappa shape index (κ1) is 19.9. The number of aryl methyl sites for hydroxylation is 1. The number of sulfonamides is 1. The predicted molar refractivity (Wildman–Crippen MR) is 97.5 cm³/mol. The van der Waals surface area contributed by atoms with Gasteiger partial charge in [0.15, 0.2) is 6.10 Å². The monoisotopic (exact) mass is 396 g/mol. The first-order valence-electron chi connectivity index (χ1n) is 7.49. The second kappa shape index (κ2) is 7.86. The molecule has 2 aromatic rings. The number of benzene rings is 2. The van der Waals surface area contributed by atoms with Crippen LogP contribution in [0.3, 0.4) is 0 Å². The molecule has 7 nitrogen and oxygen atoms in total. The van der Waals surface area contributed by atoms with Gasteiger partial charge in [-0.05, 0) is 43.7 Å². The lowest BCUT2D eigenvalue weighted by Gasteiger charge is -2.15. The third kappa shape index (κ3) is 4.81. The molecule has 0 radical (unpaired) electrons. The summed E-state index contributed by atoms with van der Waals surface area (Å²) in [5.41, 5.74) is 1.37. The Morgan fingerprint density at radius 3 is 2.46 bits per heavy atom. The number of carbonyl (C=O) groups excluding carboxylic acids is 2. The maximum atomic E-state index is 12.2. The minimum Gasteiger partial charge on any atom is -0.449 e. The topological polar surface area (TPSA) is 116 Å². The number of hydrogen-bond donors (Lipinski definition) is 2. The highest BCUT2D eigenvalue weighted by molar-refractivity contribution is 7.89. The summed E-state index contributed by atoms with van der Waals surface area (Å²) in [5, 5.41) is 7.59. The summed E-state index contributed by atoms with van der Waals surface area (Å²) in [6.45, 7) is 3.23. The number of hydrogen-bond acceptors (Lipinski definition) is 5. The molecule has 0 heterocycles. The van der Waals surface area contributed by atoms with Crippen molar-refractivity contribution in [2.75, 3.05) is 5.32 Å². The maximum absolute atomic E-state index is 12.2. The van der Waals surface area contributed by atoms with Gasteiger partial charge in [-0.3, -0.25) is 4.79 Å². The van der Waals surface area contributed by atoms with Crippen LogP contribution < -0.4 is 10.5 Å². The lowest BCUT2D eigenvalue weighted by atomic mass is 10.2. The van der Waals surface area contributed by atoms with E-state index in [0.29, 0.717) is 5.69 Å². The molecule has 0 spiro atoms. The average molecular weight is 397 g/mol. The molecule has 0 aliphatic heterocycles. The van der Waals surface area contributed by atoms with Crippen LogP contribution in [0.2, 0.25) is 5.02 Å². The van der Waals surface area contributed by atoms with Crippen LogP contribution >= 0.6 is 11.6 Å². The van der Waals surface area contributed by atoms with Crippen molar-refractivity contribution in [2.24, 2.45) is 5.14 Å². The number of primary sulfonamides is 1. The standard InChI is InChI=1S/C17H17ClN2O5S/c1-10-5-3-4-6-14(10)20-16(21)11(2)25-17(22)12-7-8-13(18)15(9-12)26(19,23)24/h3-9,11H,1-2H3,(H,20,21)(H2,19,23,24)/t11-/m1/s1. The second-order valence-electron chi connectivity index (χ2n) is 5.54. The van der Waals surface area contributed by atoms with Crippen LogP contribution in [0.4, 0.5) is 5.69 Å². The van der Waals surface area contributed by atoms with Gasteiger partial charge in [-0.1, -0.05) is 29.8 Å². The molecule has 3 N–H and O–H groups in total. The van der Waals surface area contributed by atoms with Crippen LogP contribution in [0.1, 0.15) is 22.8 Å². The zero-order valence-corrected chi connectivity index (χ0v) is 15.6. The van der Waals surface area contributed by atoms with Gasteiger partial charge >= 0.3 is 5.97 Å². The number of esters is 1. The van der Waals surface area contributed by atoms with Crippen molar-refractivity contribution in [3.8, 4) is 0 Å². The molecule has 138 valence electrons. The van der Waals surface area contributed by atoms with E-state index in [1.54, 1.807) is 12.1 Å². The lowest BCUT2D eigenvalue weighted by molar-refractivity contribution is -0.123. The fraction of sp³-hybridized carbons (Fsp3) is 0.176. The fourth-order valence-electron chi connectivity index (χ4n) is 2.08. The number of rotatable bonds is 5. The van der Waals surface area contributed by atoms with Gasteiger partial charge in [-0.25, -0.2) is 18.4 Å². The smallest absolute Gasteiger partial charge is 0.338 e. The summed E-state index contributed by atoms with van der Waals surface area (Å²) >= 11 is 5.77. The van der Waals surface area contributed by atoms with Gasteiger partial charge in [0.05, 0.1) is 10.6 Å². The summed E-state index contributed by atoms with van der Waals surface area (Å²) in [4.78, 5) is 24.0. The molecule has 0 aliphatic rings. The Balaban J connectivity index is 2.12. The van der Waals surface area contributed by atoms with Crippen molar-refractivity contribution in [3.05, 3.63) is 58.6 Å². The van der Waals surface area contributed by atoms with Crippen molar-refractivity contribution in [1.82, 2.24) is 0 Å². The van der Waals surface area contributed by atoms with Gasteiger partial charge < -0.3 is 10.1 Å². The Morgan fingerprint density at radius 2 is 1.85 bits per heavy atom. The normalized spacial score (nSPS) is 12.3. The minimum atomic E-state index is -4.10. The Bertz CT molecular complexity index is 959. The summed E-state index contributed by atoms with van der Waals surface area (Å²) in [6, 6.07) is 10.7. The maximum Gasteiger partial charge on any atom is 0.338 e. The first-order chi connectivity index (χ1) is 12.1. The van der Waals surface area contributed by atoms with E-state index in [1.807, 2.05) is 19.1 Å². The van der Waals surface area contributed by atoms with E-state index in [4.69, 9.17) is 21.5 Å². The zero-order valence-electron chi connectivity index (χ0n) is 14.0. The molecular weight excluding hydrogens is 380 g/mol. The van der Waals surface area contributed by atoms with Crippen LogP contribution in [-0.2, 0) is 19.6 Å². The molecule has 0 aromatic heterocycles. The summed E-state index contributed by atoms with van der Waals surface area (Å²) in [6.07, 6.45) is -1.10. The van der Waals surface area contributed by atoms with E-state index in [1.165, 1.54) is 19.1 Å². The molecular formula is C17H17ClN2O5S. The first-order valence-corrected chi connectivity index (χ1v) is 9.42. The largest absolute Gasteiger partial charge is 0.449 e. The molecule has 0 bridgehead atoms. The van der Waals surface area contributed by atoms with E-state index in [9.17, 15) is 18.0 Å². The van der Waals surface area contributed by atoms with Gasteiger partial charge in [0.1, 0.15) is 4.90 Å². The van der Waals surface area contributed by atoms with E-state index in [2.05, 4.69) is 5.32 Å². The predicted octanol–water partition coefficient (Wildman–Crippen LogP) is 2.48. The van der Waals surface area contributed by atoms with Crippen molar-refractivity contribution in [3.63, 3.8) is 0 Å². The molecule has 1 atom stereocenters. The highest BCUT2D eigenvalue weighted by atomic mass is 35.5. The quantitative estimate of drug-likeness (QED) is 0.753. The SMILES string of the molecule is Cc1ccccc1NC(=O)[C@@H](C)OC(=O)c1ccc(Cl)c(S(N)(=O)=O)c1. The molecule has 0 saturated heterocycles. The molecule has 9 heteroatoms. The molecule has 26 heavy (non-hydrogen) atoms. The van der Waals surface area contributed by atoms with Crippen LogP contribution in [0.5, 0.6) is 0 Å². The van der Waals surface area contributed by atoms with Gasteiger partial charge in [0.2, 0.25) is 10.0 Å². The number of halogens is 1. The molecule has 0 fully saturated rings. The number of nitrogens with two attached hydrogens (primary N) is 1. The average Bonchev–Trinajstić information content (AvgIpc) is 2.56. The van der Waals surface area contributed by atoms with Crippen molar-refractivity contribution >= 4 is 39.2 Å². The van der Waals surface area contributed by atoms with Crippen LogP contribution in [0, 0.1) is 6.92 Å². The Kier molecular flexibility index (Phi) is 6.01. The molecule has 0 saturated carbocycles. The lowest BCUT2D eigenvalue weighted by Crippen LogP contribution is -2.30. The number of carbonyl (C=O) groups is 2. The highest BCUT2D eigenvalue weighted by Crippen LogP contribution is 2.22. The fourth-order valence-corrected chi connectivity index (χ4v) is 3.15. The number of anilines is 1. The van der Waals surface area contributed by atoms with Crippen LogP contribution in [0.25, 0.3) is 0 Å². The third-order valence-electron chi connectivity index (χ3n) is 3.53. The number of para-hydroxylation sites is 1. The van der Waals surface area contributed by atoms with Gasteiger partial charge in [-0.15, -0.1) is 0 Å². The Morgan fingerprint density at radius 1 is 1.19 bits per heavy atom. The number of ether oxygens (including phenoxy) is 1. The number of amides is 1. The highest BCUT2D eigenvalue weighted by Gasteiger charge is 2.22. The van der Waals surface area contributed by atoms with E-state index < -0.39 is 32.9 Å². The van der Waals surface area contributed by atoms with E-state index in [0.717, 1.165) is 11.6 Å². The minimum absolute atomic E-state index is 0.0889. The molecule has 2 aromatic carbocycles.